The monoisotopic (exact) mass is 421 g/mol. The summed E-state index contributed by atoms with van der Waals surface area (Å²) in [5, 5.41) is 0. The summed E-state index contributed by atoms with van der Waals surface area (Å²) >= 11 is 0. The fourth-order valence-electron chi connectivity index (χ4n) is 3.98. The number of nitrogens with zero attached hydrogens (tertiary/aromatic N) is 3. The summed E-state index contributed by atoms with van der Waals surface area (Å²) in [6.07, 6.45) is 0. The van der Waals surface area contributed by atoms with Crippen molar-refractivity contribution in [2.24, 2.45) is 13.0 Å². The highest BCUT2D eigenvalue weighted by Gasteiger charge is 2.33. The molecular weight excluding hydrogens is 386 g/mol. The fraction of sp³-hybridized carbons (Fsp3) is 0.682. The van der Waals surface area contributed by atoms with Crippen molar-refractivity contribution in [2.45, 2.75) is 40.7 Å². The zero-order chi connectivity index (χ0) is 22.6. The molecule has 8 nitrogen and oxygen atoms in total. The third-order valence-corrected chi connectivity index (χ3v) is 5.94. The Kier molecular flexibility index (Phi) is 8.20. The van der Waals surface area contributed by atoms with Crippen molar-refractivity contribution < 1.29 is 23.9 Å². The number of morpholine rings is 1. The smallest absolute Gasteiger partial charge is 0.354 e. The number of hydrogen-bond acceptors (Lipinski definition) is 6. The minimum Gasteiger partial charge on any atom is -0.464 e. The van der Waals surface area contributed by atoms with Gasteiger partial charge >= 0.3 is 5.97 Å². The summed E-state index contributed by atoms with van der Waals surface area (Å²) in [7, 11) is 3.06. The van der Waals surface area contributed by atoms with Crippen LogP contribution >= 0.6 is 0 Å². The van der Waals surface area contributed by atoms with Gasteiger partial charge in [-0.3, -0.25) is 14.5 Å². The van der Waals surface area contributed by atoms with Gasteiger partial charge in [-0.2, -0.15) is 0 Å². The van der Waals surface area contributed by atoms with Crippen molar-refractivity contribution in [2.75, 3.05) is 46.5 Å². The first kappa shape index (κ1) is 24.1. The van der Waals surface area contributed by atoms with Gasteiger partial charge in [0, 0.05) is 50.4 Å². The second kappa shape index (κ2) is 10.2. The molecule has 1 aliphatic rings. The highest BCUT2D eigenvalue weighted by molar-refractivity contribution is 6.06. The van der Waals surface area contributed by atoms with Crippen LogP contribution in [0.4, 0.5) is 0 Å². The summed E-state index contributed by atoms with van der Waals surface area (Å²) in [5.74, 6) is -0.906. The number of rotatable bonds is 8. The predicted octanol–water partition coefficient (Wildman–Crippen LogP) is 1.82. The molecule has 1 aromatic rings. The summed E-state index contributed by atoms with van der Waals surface area (Å²) in [4.78, 5) is 42.5. The molecule has 1 unspecified atom stereocenters. The van der Waals surface area contributed by atoms with E-state index in [1.165, 1.54) is 7.11 Å². The van der Waals surface area contributed by atoms with Gasteiger partial charge in [-0.15, -0.1) is 0 Å². The topological polar surface area (TPSA) is 81.1 Å². The molecule has 0 saturated carbocycles. The first-order valence-electron chi connectivity index (χ1n) is 10.5. The van der Waals surface area contributed by atoms with Crippen LogP contribution in [0.3, 0.4) is 0 Å². The number of methoxy groups -OCH3 is 1. The second-order valence-electron chi connectivity index (χ2n) is 8.17. The van der Waals surface area contributed by atoms with Crippen LogP contribution in [0.25, 0.3) is 0 Å². The van der Waals surface area contributed by atoms with Crippen LogP contribution < -0.4 is 0 Å². The predicted molar refractivity (Wildman–Crippen MR) is 114 cm³/mol. The van der Waals surface area contributed by atoms with Crippen LogP contribution in [0.15, 0.2) is 0 Å². The van der Waals surface area contributed by atoms with E-state index in [0.717, 1.165) is 13.1 Å². The number of esters is 1. The molecule has 1 aliphatic heterocycles. The lowest BCUT2D eigenvalue weighted by Crippen LogP contribution is -2.49. The zero-order valence-corrected chi connectivity index (χ0v) is 19.3. The molecule has 1 amide bonds. The van der Waals surface area contributed by atoms with Crippen LogP contribution in [0.2, 0.25) is 0 Å². The molecular formula is C22H35N3O5. The van der Waals surface area contributed by atoms with Gasteiger partial charge in [0.1, 0.15) is 5.69 Å². The molecule has 0 N–H and O–H groups in total. The molecule has 2 rings (SSSR count). The van der Waals surface area contributed by atoms with Gasteiger partial charge in [0.05, 0.1) is 26.4 Å². The summed E-state index contributed by atoms with van der Waals surface area (Å²) in [5.41, 5.74) is 2.12. The normalized spacial score (nSPS) is 15.9. The van der Waals surface area contributed by atoms with Gasteiger partial charge in [-0.05, 0) is 26.3 Å². The van der Waals surface area contributed by atoms with E-state index in [2.05, 4.69) is 4.90 Å². The van der Waals surface area contributed by atoms with Crippen LogP contribution in [0.1, 0.15) is 52.9 Å². The molecule has 0 aliphatic carbocycles. The Balaban J connectivity index is 2.30. The minimum atomic E-state index is -0.633. The van der Waals surface area contributed by atoms with Gasteiger partial charge in [-0.1, -0.05) is 13.8 Å². The van der Waals surface area contributed by atoms with E-state index >= 15 is 0 Å². The lowest BCUT2D eigenvalue weighted by Gasteiger charge is -2.33. The Hall–Kier alpha value is -2.19. The number of amides is 1. The van der Waals surface area contributed by atoms with Crippen LogP contribution in [0, 0.1) is 19.8 Å². The third-order valence-electron chi connectivity index (χ3n) is 5.94. The van der Waals surface area contributed by atoms with Crippen molar-refractivity contribution in [1.29, 1.82) is 0 Å². The second-order valence-corrected chi connectivity index (χ2v) is 8.17. The zero-order valence-electron chi connectivity index (χ0n) is 19.3. The number of carbonyl (C=O) groups excluding carboxylic acids is 3. The van der Waals surface area contributed by atoms with Gasteiger partial charge in [0.25, 0.3) is 0 Å². The van der Waals surface area contributed by atoms with E-state index in [9.17, 15) is 14.4 Å². The quantitative estimate of drug-likeness (QED) is 0.470. The van der Waals surface area contributed by atoms with E-state index in [1.54, 1.807) is 30.4 Å². The molecule has 1 saturated heterocycles. The number of aromatic nitrogens is 1. The molecule has 2 heterocycles. The number of hydrogen-bond donors (Lipinski definition) is 0. The SMILES string of the molecule is COC(=O)c1c(C)c(C(=O)C(C)N(CCN2CCOCC2)C(=O)C(C)C)c(C)n1C. The summed E-state index contributed by atoms with van der Waals surface area (Å²) < 4.78 is 11.9. The molecule has 0 spiro atoms. The highest BCUT2D eigenvalue weighted by atomic mass is 16.5. The Morgan fingerprint density at radius 1 is 1.13 bits per heavy atom. The molecule has 1 aromatic heterocycles. The van der Waals surface area contributed by atoms with Gasteiger partial charge in [0.2, 0.25) is 5.91 Å². The minimum absolute atomic E-state index is 0.0523. The highest BCUT2D eigenvalue weighted by Crippen LogP contribution is 2.25. The summed E-state index contributed by atoms with van der Waals surface area (Å²) in [6, 6.07) is -0.633. The standard InChI is InChI=1S/C22H35N3O5/c1-14(2)21(27)25(9-8-24-10-12-30-13-11-24)17(5)20(26)18-15(3)19(22(28)29-7)23(6)16(18)4/h14,17H,8-13H2,1-7H3. The van der Waals surface area contributed by atoms with E-state index in [-0.39, 0.29) is 17.6 Å². The van der Waals surface area contributed by atoms with Crippen molar-refractivity contribution in [1.82, 2.24) is 14.4 Å². The lowest BCUT2D eigenvalue weighted by atomic mass is 9.99. The van der Waals surface area contributed by atoms with Crippen molar-refractivity contribution in [3.8, 4) is 0 Å². The Morgan fingerprint density at radius 3 is 2.27 bits per heavy atom. The van der Waals surface area contributed by atoms with Crippen molar-refractivity contribution >= 4 is 17.7 Å². The van der Waals surface area contributed by atoms with E-state index in [4.69, 9.17) is 9.47 Å². The van der Waals surface area contributed by atoms with E-state index in [1.807, 2.05) is 20.8 Å². The molecule has 168 valence electrons. The van der Waals surface area contributed by atoms with Crippen molar-refractivity contribution in [3.05, 3.63) is 22.5 Å². The number of carbonyl (C=O) groups is 3. The van der Waals surface area contributed by atoms with Gasteiger partial charge in [0.15, 0.2) is 5.78 Å². The van der Waals surface area contributed by atoms with Crippen molar-refractivity contribution in [3.63, 3.8) is 0 Å². The largest absolute Gasteiger partial charge is 0.464 e. The molecule has 0 bridgehead atoms. The fourth-order valence-corrected chi connectivity index (χ4v) is 3.98. The maximum absolute atomic E-state index is 13.5. The van der Waals surface area contributed by atoms with E-state index in [0.29, 0.717) is 48.8 Å². The summed E-state index contributed by atoms with van der Waals surface area (Å²) in [6.45, 7) is 13.2. The van der Waals surface area contributed by atoms with Crippen LogP contribution in [-0.4, -0.2) is 84.6 Å². The average Bonchev–Trinajstić information content (AvgIpc) is 2.95. The number of ether oxygens (including phenoxy) is 2. The number of ketones is 1. The third kappa shape index (κ3) is 4.92. The Labute approximate surface area is 179 Å². The average molecular weight is 422 g/mol. The molecule has 1 fully saturated rings. The Morgan fingerprint density at radius 2 is 1.73 bits per heavy atom. The molecule has 8 heteroatoms. The maximum Gasteiger partial charge on any atom is 0.354 e. The van der Waals surface area contributed by atoms with Gasteiger partial charge < -0.3 is 18.9 Å². The van der Waals surface area contributed by atoms with E-state index < -0.39 is 12.0 Å². The first-order valence-corrected chi connectivity index (χ1v) is 10.5. The molecule has 0 radical (unpaired) electrons. The van der Waals surface area contributed by atoms with Crippen LogP contribution in [0.5, 0.6) is 0 Å². The molecule has 1 atom stereocenters. The number of Topliss-reactive ketones (excluding diaryl/α,β-unsaturated/α-hetero) is 1. The van der Waals surface area contributed by atoms with Gasteiger partial charge in [-0.25, -0.2) is 4.79 Å². The molecule has 30 heavy (non-hydrogen) atoms. The first-order chi connectivity index (χ1) is 14.1. The Bertz CT molecular complexity index is 793. The lowest BCUT2D eigenvalue weighted by molar-refractivity contribution is -0.136. The maximum atomic E-state index is 13.5. The molecule has 0 aromatic carbocycles. The van der Waals surface area contributed by atoms with Crippen LogP contribution in [-0.2, 0) is 21.3 Å².